The predicted molar refractivity (Wildman–Crippen MR) is 99.1 cm³/mol. The van der Waals surface area contributed by atoms with Crippen LogP contribution in [0.15, 0.2) is 18.3 Å². The molecule has 0 N–H and O–H groups in total. The molecule has 0 saturated carbocycles. The zero-order valence-electron chi connectivity index (χ0n) is 15.8. The van der Waals surface area contributed by atoms with E-state index in [9.17, 15) is 9.59 Å². The SMILES string of the molecule is CCCCN1C[C@@]2(CCCN(C(=O)c3ccc4nnnn4c3)C2)CCC1=O. The minimum atomic E-state index is 0.0171. The van der Waals surface area contributed by atoms with Crippen molar-refractivity contribution in [2.75, 3.05) is 26.2 Å². The Hall–Kier alpha value is -2.51. The van der Waals surface area contributed by atoms with Crippen LogP contribution in [0.1, 0.15) is 55.8 Å². The van der Waals surface area contributed by atoms with Crippen molar-refractivity contribution in [3.8, 4) is 0 Å². The lowest BCUT2D eigenvalue weighted by molar-refractivity contribution is -0.139. The summed E-state index contributed by atoms with van der Waals surface area (Å²) in [5.74, 6) is 0.283. The number of amides is 2. The average Bonchev–Trinajstić information content (AvgIpc) is 3.16. The van der Waals surface area contributed by atoms with Gasteiger partial charge in [-0.2, -0.15) is 4.52 Å². The molecule has 4 heterocycles. The number of carbonyl (C=O) groups excluding carboxylic acids is 2. The topological polar surface area (TPSA) is 83.7 Å². The smallest absolute Gasteiger partial charge is 0.255 e. The highest BCUT2D eigenvalue weighted by atomic mass is 16.2. The normalized spacial score (nSPS) is 23.4. The summed E-state index contributed by atoms with van der Waals surface area (Å²) in [5, 5.41) is 11.4. The van der Waals surface area contributed by atoms with Crippen LogP contribution in [-0.4, -0.2) is 67.8 Å². The van der Waals surface area contributed by atoms with Crippen LogP contribution in [0.3, 0.4) is 0 Å². The van der Waals surface area contributed by atoms with E-state index >= 15 is 0 Å². The number of hydrogen-bond acceptors (Lipinski definition) is 5. The number of carbonyl (C=O) groups is 2. The Bertz CT molecular complexity index is 850. The molecule has 8 nitrogen and oxygen atoms in total. The first-order chi connectivity index (χ1) is 13.1. The van der Waals surface area contributed by atoms with Gasteiger partial charge in [0, 0.05) is 44.2 Å². The monoisotopic (exact) mass is 370 g/mol. The molecule has 2 aromatic rings. The van der Waals surface area contributed by atoms with E-state index in [4.69, 9.17) is 0 Å². The van der Waals surface area contributed by atoms with Crippen molar-refractivity contribution < 1.29 is 9.59 Å². The average molecular weight is 370 g/mol. The number of tetrazole rings is 1. The first kappa shape index (κ1) is 17.9. The van der Waals surface area contributed by atoms with Gasteiger partial charge in [0.05, 0.1) is 5.56 Å². The standard InChI is InChI=1S/C19H26N6O2/c1-2-3-10-23-13-19(9-7-17(23)26)8-4-11-24(14-19)18(27)15-5-6-16-20-21-22-25(16)12-15/h5-6,12H,2-4,7-11,13-14H2,1H3/t19-/m1/s1. The number of nitrogens with zero attached hydrogens (tertiary/aromatic N) is 6. The minimum Gasteiger partial charge on any atom is -0.342 e. The summed E-state index contributed by atoms with van der Waals surface area (Å²) < 4.78 is 1.53. The van der Waals surface area contributed by atoms with Gasteiger partial charge in [-0.15, -0.1) is 5.10 Å². The summed E-state index contributed by atoms with van der Waals surface area (Å²) in [6.45, 7) is 5.24. The number of rotatable bonds is 4. The Morgan fingerprint density at radius 2 is 2.15 bits per heavy atom. The third kappa shape index (κ3) is 3.52. The number of likely N-dealkylation sites (tertiary alicyclic amines) is 2. The van der Waals surface area contributed by atoms with Crippen molar-refractivity contribution in [1.82, 2.24) is 29.8 Å². The molecule has 0 unspecified atom stereocenters. The largest absolute Gasteiger partial charge is 0.342 e. The van der Waals surface area contributed by atoms with Crippen molar-refractivity contribution in [1.29, 1.82) is 0 Å². The Morgan fingerprint density at radius 1 is 1.26 bits per heavy atom. The number of unbranched alkanes of at least 4 members (excludes halogenated alkanes) is 1. The van der Waals surface area contributed by atoms with Crippen LogP contribution in [0.5, 0.6) is 0 Å². The van der Waals surface area contributed by atoms with E-state index in [-0.39, 0.29) is 17.2 Å². The fourth-order valence-corrected chi connectivity index (χ4v) is 4.42. The van der Waals surface area contributed by atoms with Crippen LogP contribution in [0.2, 0.25) is 0 Å². The summed E-state index contributed by atoms with van der Waals surface area (Å²) in [7, 11) is 0. The maximum Gasteiger partial charge on any atom is 0.255 e. The van der Waals surface area contributed by atoms with Crippen molar-refractivity contribution in [3.05, 3.63) is 23.9 Å². The van der Waals surface area contributed by atoms with Crippen LogP contribution >= 0.6 is 0 Å². The van der Waals surface area contributed by atoms with E-state index in [0.717, 1.165) is 58.3 Å². The van der Waals surface area contributed by atoms with Crippen molar-refractivity contribution >= 4 is 17.5 Å². The van der Waals surface area contributed by atoms with Crippen molar-refractivity contribution in [2.24, 2.45) is 5.41 Å². The van der Waals surface area contributed by atoms with E-state index in [1.54, 1.807) is 18.3 Å². The molecule has 2 fully saturated rings. The summed E-state index contributed by atoms with van der Waals surface area (Å²) in [6, 6.07) is 3.55. The molecule has 2 aromatic heterocycles. The summed E-state index contributed by atoms with van der Waals surface area (Å²) in [5.41, 5.74) is 1.26. The highest BCUT2D eigenvalue weighted by Crippen LogP contribution is 2.39. The third-order valence-electron chi connectivity index (χ3n) is 5.92. The van der Waals surface area contributed by atoms with Gasteiger partial charge in [-0.3, -0.25) is 9.59 Å². The number of aromatic nitrogens is 4. The predicted octanol–water partition coefficient (Wildman–Crippen LogP) is 1.77. The Morgan fingerprint density at radius 3 is 3.00 bits per heavy atom. The quantitative estimate of drug-likeness (QED) is 0.819. The van der Waals surface area contributed by atoms with E-state index < -0.39 is 0 Å². The van der Waals surface area contributed by atoms with Gasteiger partial charge in [-0.1, -0.05) is 13.3 Å². The molecule has 0 radical (unpaired) electrons. The maximum atomic E-state index is 13.1. The van der Waals surface area contributed by atoms with E-state index in [1.807, 2.05) is 9.80 Å². The molecule has 0 aromatic carbocycles. The summed E-state index contributed by atoms with van der Waals surface area (Å²) in [4.78, 5) is 29.3. The Kier molecular flexibility index (Phi) is 4.80. The molecule has 27 heavy (non-hydrogen) atoms. The van der Waals surface area contributed by atoms with Crippen molar-refractivity contribution in [3.63, 3.8) is 0 Å². The fraction of sp³-hybridized carbons (Fsp3) is 0.632. The summed E-state index contributed by atoms with van der Waals surface area (Å²) >= 11 is 0. The van der Waals surface area contributed by atoms with Crippen LogP contribution in [-0.2, 0) is 4.79 Å². The van der Waals surface area contributed by atoms with Gasteiger partial charge < -0.3 is 9.80 Å². The molecule has 2 aliphatic heterocycles. The second-order valence-electron chi connectivity index (χ2n) is 7.90. The molecule has 144 valence electrons. The molecule has 1 spiro atoms. The molecule has 2 saturated heterocycles. The van der Waals surface area contributed by atoms with Crippen molar-refractivity contribution in [2.45, 2.75) is 45.4 Å². The van der Waals surface area contributed by atoms with Crippen LogP contribution in [0.4, 0.5) is 0 Å². The van der Waals surface area contributed by atoms with Gasteiger partial charge in [0.1, 0.15) is 0 Å². The fourth-order valence-electron chi connectivity index (χ4n) is 4.42. The lowest BCUT2D eigenvalue weighted by Crippen LogP contribution is -2.55. The molecule has 2 aliphatic rings. The van der Waals surface area contributed by atoms with Gasteiger partial charge in [0.15, 0.2) is 5.65 Å². The Labute approximate surface area is 158 Å². The number of fused-ring (bicyclic) bond motifs is 1. The minimum absolute atomic E-state index is 0.0171. The van der Waals surface area contributed by atoms with Gasteiger partial charge in [0.2, 0.25) is 5.91 Å². The second-order valence-corrected chi connectivity index (χ2v) is 7.90. The molecule has 4 rings (SSSR count). The zero-order chi connectivity index (χ0) is 18.9. The first-order valence-electron chi connectivity index (χ1n) is 9.85. The van der Waals surface area contributed by atoms with Crippen LogP contribution < -0.4 is 0 Å². The van der Waals surface area contributed by atoms with E-state index in [0.29, 0.717) is 17.6 Å². The zero-order valence-corrected chi connectivity index (χ0v) is 15.8. The van der Waals surface area contributed by atoms with Crippen LogP contribution in [0.25, 0.3) is 5.65 Å². The number of pyridine rings is 1. The molecular weight excluding hydrogens is 344 g/mol. The van der Waals surface area contributed by atoms with E-state index in [2.05, 4.69) is 22.4 Å². The molecule has 0 aliphatic carbocycles. The van der Waals surface area contributed by atoms with Gasteiger partial charge in [-0.05, 0) is 48.2 Å². The van der Waals surface area contributed by atoms with Gasteiger partial charge >= 0.3 is 0 Å². The first-order valence-corrected chi connectivity index (χ1v) is 9.85. The Balaban J connectivity index is 1.49. The lowest BCUT2D eigenvalue weighted by atomic mass is 9.73. The molecule has 8 heteroatoms. The lowest BCUT2D eigenvalue weighted by Gasteiger charge is -2.48. The number of hydrogen-bond donors (Lipinski definition) is 0. The molecule has 1 atom stereocenters. The third-order valence-corrected chi connectivity index (χ3v) is 5.92. The highest BCUT2D eigenvalue weighted by Gasteiger charge is 2.42. The number of piperidine rings is 2. The second kappa shape index (κ2) is 7.25. The summed E-state index contributed by atoms with van der Waals surface area (Å²) in [6.07, 6.45) is 7.36. The highest BCUT2D eigenvalue weighted by molar-refractivity contribution is 5.94. The van der Waals surface area contributed by atoms with Crippen LogP contribution in [0, 0.1) is 5.41 Å². The van der Waals surface area contributed by atoms with Gasteiger partial charge in [0.25, 0.3) is 5.91 Å². The van der Waals surface area contributed by atoms with E-state index in [1.165, 1.54) is 4.52 Å². The molecule has 2 amide bonds. The maximum absolute atomic E-state index is 13.1. The molecule has 0 bridgehead atoms. The molecular formula is C19H26N6O2. The van der Waals surface area contributed by atoms with Gasteiger partial charge in [-0.25, -0.2) is 0 Å².